The molecule has 0 saturated carbocycles. The molecular weight excluding hydrogens is 348 g/mol. The minimum absolute atomic E-state index is 0.0902. The van der Waals surface area contributed by atoms with Gasteiger partial charge in [-0.1, -0.05) is 18.2 Å². The first-order chi connectivity index (χ1) is 12.5. The molecule has 0 aliphatic carbocycles. The molecule has 2 aromatic rings. The Hall–Kier alpha value is -2.18. The van der Waals surface area contributed by atoms with Gasteiger partial charge in [0, 0.05) is 30.4 Å². The van der Waals surface area contributed by atoms with Crippen molar-refractivity contribution in [2.75, 3.05) is 18.0 Å². The van der Waals surface area contributed by atoms with Crippen LogP contribution in [0.25, 0.3) is 0 Å². The second-order valence-electron chi connectivity index (χ2n) is 6.99. The molecule has 1 atom stereocenters. The third-order valence-electron chi connectivity index (χ3n) is 5.23. The van der Waals surface area contributed by atoms with Crippen molar-refractivity contribution in [3.05, 3.63) is 59.7 Å². The molecule has 2 aliphatic heterocycles. The number of nitrogens with zero attached hydrogens (tertiary/aromatic N) is 2. The zero-order valence-corrected chi connectivity index (χ0v) is 15.6. The number of sulfonamides is 1. The SMILES string of the molecule is CC1Cc2ccccc2N1C(=O)c1ccc(S(=O)(=O)N2CCCC2)cc1. The highest BCUT2D eigenvalue weighted by Crippen LogP contribution is 2.33. The zero-order chi connectivity index (χ0) is 18.3. The molecule has 26 heavy (non-hydrogen) atoms. The molecule has 1 fully saturated rings. The fraction of sp³-hybridized carbons (Fsp3) is 0.350. The first-order valence-electron chi connectivity index (χ1n) is 9.00. The van der Waals surface area contributed by atoms with Gasteiger partial charge < -0.3 is 4.90 Å². The first kappa shape index (κ1) is 17.2. The fourth-order valence-corrected chi connectivity index (χ4v) is 5.38. The Labute approximate surface area is 154 Å². The largest absolute Gasteiger partial charge is 0.305 e. The number of hydrogen-bond donors (Lipinski definition) is 0. The summed E-state index contributed by atoms with van der Waals surface area (Å²) >= 11 is 0. The van der Waals surface area contributed by atoms with Gasteiger partial charge in [0.1, 0.15) is 0 Å². The standard InChI is InChI=1S/C20H22N2O3S/c1-15-14-17-6-2-3-7-19(17)22(15)20(23)16-8-10-18(11-9-16)26(24,25)21-12-4-5-13-21/h2-3,6-11,15H,4-5,12-14H2,1H3. The van der Waals surface area contributed by atoms with Gasteiger partial charge in [-0.2, -0.15) is 4.31 Å². The Balaban J connectivity index is 1.60. The number of rotatable bonds is 3. The second-order valence-corrected chi connectivity index (χ2v) is 8.93. The van der Waals surface area contributed by atoms with E-state index in [4.69, 9.17) is 0 Å². The Morgan fingerprint density at radius 3 is 2.35 bits per heavy atom. The smallest absolute Gasteiger partial charge is 0.258 e. The predicted molar refractivity (Wildman–Crippen MR) is 101 cm³/mol. The summed E-state index contributed by atoms with van der Waals surface area (Å²) in [6.07, 6.45) is 2.65. The van der Waals surface area contributed by atoms with Crippen molar-refractivity contribution < 1.29 is 13.2 Å². The number of carbonyl (C=O) groups is 1. The first-order valence-corrected chi connectivity index (χ1v) is 10.4. The van der Waals surface area contributed by atoms with Crippen LogP contribution in [-0.2, 0) is 16.4 Å². The van der Waals surface area contributed by atoms with Gasteiger partial charge in [-0.3, -0.25) is 4.79 Å². The van der Waals surface area contributed by atoms with Crippen molar-refractivity contribution in [1.29, 1.82) is 0 Å². The molecule has 2 aromatic carbocycles. The summed E-state index contributed by atoms with van der Waals surface area (Å²) in [4.78, 5) is 15.1. The lowest BCUT2D eigenvalue weighted by molar-refractivity contribution is 0.0981. The number of hydrogen-bond acceptors (Lipinski definition) is 3. The lowest BCUT2D eigenvalue weighted by Crippen LogP contribution is -2.35. The van der Waals surface area contributed by atoms with Crippen LogP contribution in [0.1, 0.15) is 35.7 Å². The van der Waals surface area contributed by atoms with Crippen LogP contribution in [0.4, 0.5) is 5.69 Å². The monoisotopic (exact) mass is 370 g/mol. The zero-order valence-electron chi connectivity index (χ0n) is 14.8. The van der Waals surface area contributed by atoms with Crippen molar-refractivity contribution in [3.63, 3.8) is 0 Å². The van der Waals surface area contributed by atoms with Gasteiger partial charge in [0.2, 0.25) is 10.0 Å². The average molecular weight is 370 g/mol. The highest BCUT2D eigenvalue weighted by Gasteiger charge is 2.32. The molecule has 0 radical (unpaired) electrons. The molecule has 0 N–H and O–H groups in total. The van der Waals surface area contributed by atoms with Crippen molar-refractivity contribution in [1.82, 2.24) is 4.31 Å². The van der Waals surface area contributed by atoms with Crippen LogP contribution in [0.2, 0.25) is 0 Å². The molecule has 2 heterocycles. The molecule has 6 heteroatoms. The maximum absolute atomic E-state index is 13.0. The van der Waals surface area contributed by atoms with Crippen molar-refractivity contribution in [3.8, 4) is 0 Å². The topological polar surface area (TPSA) is 57.7 Å². The van der Waals surface area contributed by atoms with Gasteiger partial charge in [-0.05, 0) is 62.1 Å². The summed E-state index contributed by atoms with van der Waals surface area (Å²) in [5.74, 6) is -0.0902. The number of carbonyl (C=O) groups excluding carboxylic acids is 1. The molecule has 136 valence electrons. The van der Waals surface area contributed by atoms with Crippen LogP contribution in [-0.4, -0.2) is 37.8 Å². The Morgan fingerprint density at radius 2 is 1.65 bits per heavy atom. The predicted octanol–water partition coefficient (Wildman–Crippen LogP) is 3.06. The van der Waals surface area contributed by atoms with E-state index in [1.807, 2.05) is 31.2 Å². The van der Waals surface area contributed by atoms with E-state index in [0.717, 1.165) is 24.9 Å². The lowest BCUT2D eigenvalue weighted by Gasteiger charge is -2.23. The van der Waals surface area contributed by atoms with Gasteiger partial charge in [0.15, 0.2) is 0 Å². The minimum Gasteiger partial charge on any atom is -0.305 e. The highest BCUT2D eigenvalue weighted by molar-refractivity contribution is 7.89. The fourth-order valence-electron chi connectivity index (χ4n) is 3.86. The van der Waals surface area contributed by atoms with Gasteiger partial charge in [-0.25, -0.2) is 8.42 Å². The van der Waals surface area contributed by atoms with E-state index < -0.39 is 10.0 Å². The Morgan fingerprint density at radius 1 is 1.00 bits per heavy atom. The van der Waals surface area contributed by atoms with E-state index in [-0.39, 0.29) is 16.8 Å². The summed E-state index contributed by atoms with van der Waals surface area (Å²) in [5.41, 5.74) is 2.62. The summed E-state index contributed by atoms with van der Waals surface area (Å²) in [6, 6.07) is 14.4. The van der Waals surface area contributed by atoms with Gasteiger partial charge in [0.25, 0.3) is 5.91 Å². The lowest BCUT2D eigenvalue weighted by atomic mass is 10.1. The molecule has 1 saturated heterocycles. The maximum atomic E-state index is 13.0. The maximum Gasteiger partial charge on any atom is 0.258 e. The number of para-hydroxylation sites is 1. The highest BCUT2D eigenvalue weighted by atomic mass is 32.2. The van der Waals surface area contributed by atoms with Crippen LogP contribution in [0.5, 0.6) is 0 Å². The summed E-state index contributed by atoms with van der Waals surface area (Å²) < 4.78 is 26.8. The number of anilines is 1. The molecule has 5 nitrogen and oxygen atoms in total. The number of fused-ring (bicyclic) bond motifs is 1. The molecule has 4 rings (SSSR count). The molecule has 0 aromatic heterocycles. The Kier molecular flexibility index (Phi) is 4.32. The number of benzene rings is 2. The van der Waals surface area contributed by atoms with Crippen LogP contribution >= 0.6 is 0 Å². The number of amides is 1. The molecular formula is C20H22N2O3S. The Bertz CT molecular complexity index is 932. The quantitative estimate of drug-likeness (QED) is 0.834. The van der Waals surface area contributed by atoms with Crippen molar-refractivity contribution in [2.45, 2.75) is 37.1 Å². The van der Waals surface area contributed by atoms with E-state index in [1.165, 1.54) is 9.87 Å². The van der Waals surface area contributed by atoms with E-state index in [0.29, 0.717) is 18.7 Å². The minimum atomic E-state index is -3.45. The molecule has 1 unspecified atom stereocenters. The van der Waals surface area contributed by atoms with Gasteiger partial charge >= 0.3 is 0 Å². The van der Waals surface area contributed by atoms with E-state index in [1.54, 1.807) is 29.2 Å². The summed E-state index contributed by atoms with van der Waals surface area (Å²) in [6.45, 7) is 3.18. The summed E-state index contributed by atoms with van der Waals surface area (Å²) in [7, 11) is -3.45. The van der Waals surface area contributed by atoms with Gasteiger partial charge in [-0.15, -0.1) is 0 Å². The van der Waals surface area contributed by atoms with Crippen LogP contribution < -0.4 is 4.90 Å². The van der Waals surface area contributed by atoms with Crippen molar-refractivity contribution >= 4 is 21.6 Å². The van der Waals surface area contributed by atoms with E-state index in [9.17, 15) is 13.2 Å². The van der Waals surface area contributed by atoms with E-state index >= 15 is 0 Å². The molecule has 0 spiro atoms. The third kappa shape index (κ3) is 2.83. The van der Waals surface area contributed by atoms with Crippen LogP contribution in [0, 0.1) is 0 Å². The average Bonchev–Trinajstić information content (AvgIpc) is 3.29. The molecule has 2 aliphatic rings. The van der Waals surface area contributed by atoms with Crippen molar-refractivity contribution in [2.24, 2.45) is 0 Å². The van der Waals surface area contributed by atoms with Crippen LogP contribution in [0.15, 0.2) is 53.4 Å². The molecule has 1 amide bonds. The normalized spacial score (nSPS) is 20.3. The second kappa shape index (κ2) is 6.52. The van der Waals surface area contributed by atoms with E-state index in [2.05, 4.69) is 0 Å². The van der Waals surface area contributed by atoms with Crippen LogP contribution in [0.3, 0.4) is 0 Å². The molecule has 0 bridgehead atoms. The summed E-state index contributed by atoms with van der Waals surface area (Å²) in [5, 5.41) is 0. The van der Waals surface area contributed by atoms with Gasteiger partial charge in [0.05, 0.1) is 4.90 Å². The third-order valence-corrected chi connectivity index (χ3v) is 7.14.